The molecular formula is C8H11NO3. The molecule has 1 aromatic rings. The van der Waals surface area contributed by atoms with Crippen molar-refractivity contribution in [2.75, 3.05) is 6.61 Å². The van der Waals surface area contributed by atoms with Gasteiger partial charge in [0.15, 0.2) is 0 Å². The fourth-order valence-corrected chi connectivity index (χ4v) is 1.13. The molecular weight excluding hydrogens is 158 g/mol. The van der Waals surface area contributed by atoms with Crippen molar-refractivity contribution in [3.05, 3.63) is 23.5 Å². The number of hydrogen-bond donors (Lipinski definition) is 2. The molecule has 0 aliphatic rings. The molecule has 0 saturated heterocycles. The Morgan fingerprint density at radius 3 is 2.75 bits per heavy atom. The first-order chi connectivity index (χ1) is 5.66. The van der Waals surface area contributed by atoms with Gasteiger partial charge in [-0.1, -0.05) is 0 Å². The monoisotopic (exact) mass is 169 g/mol. The minimum absolute atomic E-state index is 0.0224. The van der Waals surface area contributed by atoms with E-state index in [1.165, 1.54) is 6.07 Å². The van der Waals surface area contributed by atoms with Crippen LogP contribution in [0, 0.1) is 6.92 Å². The number of carboxylic acids is 1. The second kappa shape index (κ2) is 3.40. The maximum atomic E-state index is 10.6. The number of carbonyl (C=O) groups is 1. The van der Waals surface area contributed by atoms with Crippen LogP contribution >= 0.6 is 0 Å². The van der Waals surface area contributed by atoms with E-state index in [1.807, 2.05) is 0 Å². The minimum atomic E-state index is -0.927. The van der Waals surface area contributed by atoms with Crippen LogP contribution in [0.3, 0.4) is 0 Å². The number of carboxylic acid groups (broad SMARTS) is 1. The van der Waals surface area contributed by atoms with Gasteiger partial charge < -0.3 is 14.8 Å². The summed E-state index contributed by atoms with van der Waals surface area (Å²) < 4.78 is 1.71. The van der Waals surface area contributed by atoms with E-state index in [4.69, 9.17) is 10.2 Å². The molecule has 0 radical (unpaired) electrons. The Labute approximate surface area is 70.1 Å². The van der Waals surface area contributed by atoms with Crippen LogP contribution in [-0.2, 0) is 6.54 Å². The molecule has 0 unspecified atom stereocenters. The van der Waals surface area contributed by atoms with E-state index >= 15 is 0 Å². The Balaban J connectivity index is 2.96. The summed E-state index contributed by atoms with van der Waals surface area (Å²) in [5.41, 5.74) is 0.972. The number of aliphatic hydroxyl groups is 1. The number of aromatic nitrogens is 1. The van der Waals surface area contributed by atoms with Crippen molar-refractivity contribution in [3.63, 3.8) is 0 Å². The first-order valence-electron chi connectivity index (χ1n) is 3.66. The van der Waals surface area contributed by atoms with Crippen LogP contribution in [0.2, 0.25) is 0 Å². The van der Waals surface area contributed by atoms with Gasteiger partial charge >= 0.3 is 5.97 Å². The number of nitrogens with zero attached hydrogens (tertiary/aromatic N) is 1. The van der Waals surface area contributed by atoms with E-state index in [0.29, 0.717) is 17.8 Å². The first-order valence-corrected chi connectivity index (χ1v) is 3.66. The number of aromatic carboxylic acids is 1. The largest absolute Gasteiger partial charge is 0.478 e. The van der Waals surface area contributed by atoms with Gasteiger partial charge in [-0.2, -0.15) is 0 Å². The Morgan fingerprint density at radius 2 is 2.33 bits per heavy atom. The van der Waals surface area contributed by atoms with Crippen molar-refractivity contribution < 1.29 is 15.0 Å². The highest BCUT2D eigenvalue weighted by molar-refractivity contribution is 5.88. The highest BCUT2D eigenvalue weighted by Crippen LogP contribution is 2.09. The van der Waals surface area contributed by atoms with Crippen molar-refractivity contribution in [2.24, 2.45) is 0 Å². The summed E-state index contributed by atoms with van der Waals surface area (Å²) in [6.07, 6.45) is 1.66. The smallest absolute Gasteiger partial charge is 0.337 e. The molecule has 4 nitrogen and oxygen atoms in total. The molecule has 66 valence electrons. The summed E-state index contributed by atoms with van der Waals surface area (Å²) in [5.74, 6) is -0.927. The molecule has 0 aliphatic heterocycles. The quantitative estimate of drug-likeness (QED) is 0.692. The van der Waals surface area contributed by atoms with E-state index in [-0.39, 0.29) is 6.61 Å². The topological polar surface area (TPSA) is 62.5 Å². The van der Waals surface area contributed by atoms with E-state index < -0.39 is 5.97 Å². The summed E-state index contributed by atoms with van der Waals surface area (Å²) >= 11 is 0. The number of aliphatic hydroxyl groups excluding tert-OH is 1. The van der Waals surface area contributed by atoms with Gasteiger partial charge in [-0.25, -0.2) is 4.79 Å². The summed E-state index contributed by atoms with van der Waals surface area (Å²) in [6.45, 7) is 2.19. The summed E-state index contributed by atoms with van der Waals surface area (Å²) in [6, 6.07) is 1.54. The maximum Gasteiger partial charge on any atom is 0.337 e. The molecule has 12 heavy (non-hydrogen) atoms. The summed E-state index contributed by atoms with van der Waals surface area (Å²) in [7, 11) is 0. The van der Waals surface area contributed by atoms with Crippen LogP contribution in [0.25, 0.3) is 0 Å². The van der Waals surface area contributed by atoms with Crippen LogP contribution in [0.4, 0.5) is 0 Å². The molecule has 0 spiro atoms. The molecule has 2 N–H and O–H groups in total. The van der Waals surface area contributed by atoms with Crippen LogP contribution in [0.1, 0.15) is 16.1 Å². The average Bonchev–Trinajstić information content (AvgIpc) is 2.34. The van der Waals surface area contributed by atoms with Crippen LogP contribution in [0.15, 0.2) is 12.3 Å². The molecule has 0 atom stereocenters. The van der Waals surface area contributed by atoms with Gasteiger partial charge in [-0.05, 0) is 13.0 Å². The van der Waals surface area contributed by atoms with Gasteiger partial charge in [0.1, 0.15) is 0 Å². The molecule has 1 rings (SSSR count). The molecule has 0 saturated carbocycles. The fourth-order valence-electron chi connectivity index (χ4n) is 1.13. The summed E-state index contributed by atoms with van der Waals surface area (Å²) in [5, 5.41) is 17.3. The third-order valence-corrected chi connectivity index (χ3v) is 1.81. The third kappa shape index (κ3) is 1.48. The Kier molecular flexibility index (Phi) is 2.50. The second-order valence-electron chi connectivity index (χ2n) is 2.54. The predicted octanol–water partition coefficient (Wildman–Crippen LogP) is 0.487. The van der Waals surface area contributed by atoms with Crippen LogP contribution in [-0.4, -0.2) is 27.4 Å². The van der Waals surface area contributed by atoms with Crippen LogP contribution in [0.5, 0.6) is 0 Å². The van der Waals surface area contributed by atoms with E-state index in [0.717, 1.165) is 0 Å². The van der Waals surface area contributed by atoms with Crippen molar-refractivity contribution in [1.29, 1.82) is 0 Å². The standard InChI is InChI=1S/C8H11NO3/c1-6-7(8(11)12)2-3-9(6)4-5-10/h2-3,10H,4-5H2,1H3,(H,11,12). The van der Waals surface area contributed by atoms with E-state index in [9.17, 15) is 4.79 Å². The highest BCUT2D eigenvalue weighted by atomic mass is 16.4. The lowest BCUT2D eigenvalue weighted by Crippen LogP contribution is -2.05. The van der Waals surface area contributed by atoms with E-state index in [2.05, 4.69) is 0 Å². The number of hydrogen-bond acceptors (Lipinski definition) is 2. The van der Waals surface area contributed by atoms with Crippen molar-refractivity contribution in [1.82, 2.24) is 4.57 Å². The Morgan fingerprint density at radius 1 is 1.67 bits per heavy atom. The van der Waals surface area contributed by atoms with Gasteiger partial charge in [0.25, 0.3) is 0 Å². The Hall–Kier alpha value is -1.29. The van der Waals surface area contributed by atoms with Gasteiger partial charge in [0, 0.05) is 18.4 Å². The highest BCUT2D eigenvalue weighted by Gasteiger charge is 2.09. The van der Waals surface area contributed by atoms with Gasteiger partial charge in [-0.3, -0.25) is 0 Å². The zero-order valence-electron chi connectivity index (χ0n) is 6.82. The minimum Gasteiger partial charge on any atom is -0.478 e. The van der Waals surface area contributed by atoms with Crippen molar-refractivity contribution in [2.45, 2.75) is 13.5 Å². The fraction of sp³-hybridized carbons (Fsp3) is 0.375. The predicted molar refractivity (Wildman–Crippen MR) is 43.2 cm³/mol. The second-order valence-corrected chi connectivity index (χ2v) is 2.54. The number of rotatable bonds is 3. The molecule has 0 bridgehead atoms. The van der Waals surface area contributed by atoms with Crippen molar-refractivity contribution in [3.8, 4) is 0 Å². The normalized spacial score (nSPS) is 10.2. The molecule has 0 aromatic carbocycles. The zero-order chi connectivity index (χ0) is 9.14. The lowest BCUT2D eigenvalue weighted by molar-refractivity contribution is 0.0696. The third-order valence-electron chi connectivity index (χ3n) is 1.81. The molecule has 1 heterocycles. The lowest BCUT2D eigenvalue weighted by Gasteiger charge is -2.02. The lowest BCUT2D eigenvalue weighted by atomic mass is 10.2. The molecule has 0 amide bonds. The molecule has 0 fully saturated rings. The molecule has 4 heteroatoms. The average molecular weight is 169 g/mol. The maximum absolute atomic E-state index is 10.6. The van der Waals surface area contributed by atoms with Crippen molar-refractivity contribution >= 4 is 5.97 Å². The SMILES string of the molecule is Cc1c(C(=O)O)ccn1CCO. The van der Waals surface area contributed by atoms with Gasteiger partial charge in [-0.15, -0.1) is 0 Å². The van der Waals surface area contributed by atoms with Gasteiger partial charge in [0.2, 0.25) is 0 Å². The Bertz CT molecular complexity index is 290. The molecule has 0 aliphatic carbocycles. The first kappa shape index (κ1) is 8.80. The van der Waals surface area contributed by atoms with Gasteiger partial charge in [0.05, 0.1) is 12.2 Å². The zero-order valence-corrected chi connectivity index (χ0v) is 6.82. The van der Waals surface area contributed by atoms with E-state index in [1.54, 1.807) is 17.7 Å². The van der Waals surface area contributed by atoms with Crippen LogP contribution < -0.4 is 0 Å². The molecule has 1 aromatic heterocycles. The summed E-state index contributed by atoms with van der Waals surface area (Å²) in [4.78, 5) is 10.6.